The van der Waals surface area contributed by atoms with Crippen molar-refractivity contribution in [3.05, 3.63) is 95.1 Å². The summed E-state index contributed by atoms with van der Waals surface area (Å²) in [5, 5.41) is 2.95. The van der Waals surface area contributed by atoms with Crippen molar-refractivity contribution >= 4 is 27.5 Å². The zero-order valence-corrected chi connectivity index (χ0v) is 25.2. The first kappa shape index (κ1) is 30.9. The summed E-state index contributed by atoms with van der Waals surface area (Å²) >= 11 is 0. The summed E-state index contributed by atoms with van der Waals surface area (Å²) in [6.45, 7) is 11.9. The molecule has 0 aliphatic carbocycles. The Labute approximate surface area is 239 Å². The highest BCUT2D eigenvalue weighted by atomic mass is 32.2. The number of hydrogen-bond acceptors (Lipinski definition) is 4. The molecule has 3 aromatic carbocycles. The quantitative estimate of drug-likeness (QED) is 0.320. The van der Waals surface area contributed by atoms with Crippen molar-refractivity contribution < 1.29 is 18.0 Å². The van der Waals surface area contributed by atoms with E-state index in [0.717, 1.165) is 26.6 Å². The molecule has 3 aromatic rings. The number of carbonyl (C=O) groups excluding carboxylic acids is 2. The van der Waals surface area contributed by atoms with Gasteiger partial charge in [-0.3, -0.25) is 13.9 Å². The fourth-order valence-electron chi connectivity index (χ4n) is 4.58. The highest BCUT2D eigenvalue weighted by Crippen LogP contribution is 2.27. The monoisotopic (exact) mass is 563 g/mol. The Bertz CT molecular complexity index is 1380. The second kappa shape index (κ2) is 13.6. The Hall–Kier alpha value is -3.65. The highest BCUT2D eigenvalue weighted by molar-refractivity contribution is 7.92. The lowest BCUT2D eigenvalue weighted by Crippen LogP contribution is -2.52. The van der Waals surface area contributed by atoms with Crippen molar-refractivity contribution in [2.24, 2.45) is 5.92 Å². The Morgan fingerprint density at radius 1 is 0.850 bits per heavy atom. The van der Waals surface area contributed by atoms with Crippen molar-refractivity contribution in [3.8, 4) is 0 Å². The number of hydrogen-bond donors (Lipinski definition) is 1. The first-order valence-corrected chi connectivity index (χ1v) is 15.1. The van der Waals surface area contributed by atoms with Crippen molar-refractivity contribution in [1.82, 2.24) is 10.2 Å². The van der Waals surface area contributed by atoms with E-state index in [-0.39, 0.29) is 23.3 Å². The van der Waals surface area contributed by atoms with E-state index in [2.05, 4.69) is 5.32 Å². The van der Waals surface area contributed by atoms with E-state index in [4.69, 9.17) is 0 Å². The van der Waals surface area contributed by atoms with Crippen LogP contribution in [0.1, 0.15) is 49.4 Å². The highest BCUT2D eigenvalue weighted by Gasteiger charge is 2.33. The molecule has 0 unspecified atom stereocenters. The molecule has 7 nitrogen and oxygen atoms in total. The van der Waals surface area contributed by atoms with Gasteiger partial charge in [0.05, 0.1) is 10.6 Å². The van der Waals surface area contributed by atoms with Gasteiger partial charge in [0.15, 0.2) is 0 Å². The number of nitrogens with one attached hydrogen (secondary N) is 1. The molecule has 1 N–H and O–H groups in total. The number of amides is 2. The smallest absolute Gasteiger partial charge is 0.264 e. The summed E-state index contributed by atoms with van der Waals surface area (Å²) in [7, 11) is -4.08. The number of benzene rings is 3. The van der Waals surface area contributed by atoms with Gasteiger partial charge < -0.3 is 10.2 Å². The number of carbonyl (C=O) groups is 2. The van der Waals surface area contributed by atoms with Gasteiger partial charge >= 0.3 is 0 Å². The van der Waals surface area contributed by atoms with Crippen LogP contribution in [0.2, 0.25) is 0 Å². The molecular weight excluding hydrogens is 522 g/mol. The van der Waals surface area contributed by atoms with Gasteiger partial charge in [-0.25, -0.2) is 8.42 Å². The first-order valence-electron chi connectivity index (χ1n) is 13.7. The molecule has 8 heteroatoms. The molecule has 0 spiro atoms. The van der Waals surface area contributed by atoms with E-state index in [1.807, 2.05) is 71.9 Å². The summed E-state index contributed by atoms with van der Waals surface area (Å²) < 4.78 is 29.0. The number of anilines is 1. The molecule has 40 heavy (non-hydrogen) atoms. The van der Waals surface area contributed by atoms with Gasteiger partial charge in [-0.15, -0.1) is 0 Å². The standard InChI is InChI=1S/C32H41N3O4S/c1-7-30(32(37)33-20-23(2)3)34(21-27-15-13-24(4)14-16-27)31(36)22-35(28-18-25(5)17-26(6)19-28)40(38,39)29-11-9-8-10-12-29/h8-19,23,30H,7,20-22H2,1-6H3,(H,33,37)/t30-/m1/s1. The maximum atomic E-state index is 14.1. The van der Waals surface area contributed by atoms with E-state index >= 15 is 0 Å². The minimum atomic E-state index is -4.08. The third-order valence-corrected chi connectivity index (χ3v) is 8.44. The fourth-order valence-corrected chi connectivity index (χ4v) is 5.99. The molecule has 3 rings (SSSR count). The third kappa shape index (κ3) is 7.94. The van der Waals surface area contributed by atoms with Crippen molar-refractivity contribution in [2.75, 3.05) is 17.4 Å². The van der Waals surface area contributed by atoms with E-state index in [1.54, 1.807) is 30.3 Å². The average Bonchev–Trinajstić information content (AvgIpc) is 2.91. The molecule has 0 saturated carbocycles. The van der Waals surface area contributed by atoms with E-state index in [1.165, 1.54) is 17.0 Å². The minimum absolute atomic E-state index is 0.0914. The zero-order chi connectivity index (χ0) is 29.4. The summed E-state index contributed by atoms with van der Waals surface area (Å²) in [5.41, 5.74) is 4.11. The van der Waals surface area contributed by atoms with Crippen LogP contribution in [0.15, 0.2) is 77.7 Å². The van der Waals surface area contributed by atoms with E-state index in [9.17, 15) is 18.0 Å². The summed E-state index contributed by atoms with van der Waals surface area (Å²) in [6.07, 6.45) is 0.385. The van der Waals surface area contributed by atoms with E-state index < -0.39 is 28.5 Å². The predicted molar refractivity (Wildman–Crippen MR) is 161 cm³/mol. The fraction of sp³-hybridized carbons (Fsp3) is 0.375. The van der Waals surface area contributed by atoms with Gasteiger partial charge in [-0.2, -0.15) is 0 Å². The largest absolute Gasteiger partial charge is 0.354 e. The number of sulfonamides is 1. The molecule has 0 saturated heterocycles. The molecule has 2 amide bonds. The third-order valence-electron chi connectivity index (χ3n) is 6.65. The topological polar surface area (TPSA) is 86.8 Å². The molecule has 214 valence electrons. The maximum absolute atomic E-state index is 14.1. The average molecular weight is 564 g/mol. The Morgan fingerprint density at radius 3 is 2.00 bits per heavy atom. The molecular formula is C32H41N3O4S. The molecule has 0 aromatic heterocycles. The van der Waals surface area contributed by atoms with Gasteiger partial charge in [-0.1, -0.05) is 74.9 Å². The molecule has 0 aliphatic rings. The van der Waals surface area contributed by atoms with Crippen LogP contribution in [0.25, 0.3) is 0 Å². The molecule has 1 atom stereocenters. The van der Waals surface area contributed by atoms with Crippen LogP contribution in [0, 0.1) is 26.7 Å². The second-order valence-corrected chi connectivity index (χ2v) is 12.6. The van der Waals surface area contributed by atoms with Crippen LogP contribution in [-0.4, -0.2) is 44.3 Å². The SMILES string of the molecule is CC[C@H](C(=O)NCC(C)C)N(Cc1ccc(C)cc1)C(=O)CN(c1cc(C)cc(C)c1)S(=O)(=O)c1ccccc1. The lowest BCUT2D eigenvalue weighted by Gasteiger charge is -2.33. The molecule has 0 bridgehead atoms. The zero-order valence-electron chi connectivity index (χ0n) is 24.3. The molecule has 0 heterocycles. The first-order chi connectivity index (χ1) is 18.9. The molecule has 0 radical (unpaired) electrons. The van der Waals surface area contributed by atoms with Gasteiger partial charge in [0.2, 0.25) is 11.8 Å². The number of aryl methyl sites for hydroxylation is 3. The van der Waals surface area contributed by atoms with E-state index in [0.29, 0.717) is 18.7 Å². The summed E-state index contributed by atoms with van der Waals surface area (Å²) in [4.78, 5) is 29.0. The van der Waals surface area contributed by atoms with Gasteiger partial charge in [0.25, 0.3) is 10.0 Å². The van der Waals surface area contributed by atoms with Crippen LogP contribution in [0.4, 0.5) is 5.69 Å². The van der Waals surface area contributed by atoms with Crippen LogP contribution in [0.3, 0.4) is 0 Å². The van der Waals surface area contributed by atoms with Crippen LogP contribution >= 0.6 is 0 Å². The van der Waals surface area contributed by atoms with Crippen molar-refractivity contribution in [3.63, 3.8) is 0 Å². The van der Waals surface area contributed by atoms with Gasteiger partial charge in [0.1, 0.15) is 12.6 Å². The number of nitrogens with zero attached hydrogens (tertiary/aromatic N) is 2. The normalized spacial score (nSPS) is 12.2. The molecule has 0 aliphatic heterocycles. The van der Waals surface area contributed by atoms with Gasteiger partial charge in [-0.05, 0) is 74.1 Å². The lowest BCUT2D eigenvalue weighted by molar-refractivity contribution is -0.140. The lowest BCUT2D eigenvalue weighted by atomic mass is 10.1. The number of rotatable bonds is 12. The van der Waals surface area contributed by atoms with Crippen LogP contribution in [-0.2, 0) is 26.2 Å². The van der Waals surface area contributed by atoms with Crippen LogP contribution in [0.5, 0.6) is 0 Å². The summed E-state index contributed by atoms with van der Waals surface area (Å²) in [5.74, 6) is -0.454. The van der Waals surface area contributed by atoms with Crippen LogP contribution < -0.4 is 9.62 Å². The van der Waals surface area contributed by atoms with Crippen molar-refractivity contribution in [1.29, 1.82) is 0 Å². The Kier molecular flexibility index (Phi) is 10.5. The van der Waals surface area contributed by atoms with Crippen molar-refractivity contribution in [2.45, 2.75) is 65.4 Å². The maximum Gasteiger partial charge on any atom is 0.264 e. The molecule has 0 fully saturated rings. The predicted octanol–water partition coefficient (Wildman–Crippen LogP) is 5.39. The minimum Gasteiger partial charge on any atom is -0.354 e. The Balaban J connectivity index is 2.06. The second-order valence-electron chi connectivity index (χ2n) is 10.7. The van der Waals surface area contributed by atoms with Gasteiger partial charge in [0, 0.05) is 13.1 Å². The summed E-state index contributed by atoms with van der Waals surface area (Å²) in [6, 6.07) is 20.6. The Morgan fingerprint density at radius 2 is 1.45 bits per heavy atom.